The normalized spacial score (nSPS) is 10.8. The third-order valence-corrected chi connectivity index (χ3v) is 4.18. The standard InChI is InChI=1S/C18H20ClN5O2/c1-4-16(25)21-14-10-20-24-17(9-15(19)22-18(14)24)23(2)11-12-5-7-13(26-3)8-6-12/h5-10H,4,11H2,1-3H3,(H,21,25). The number of halogens is 1. The van der Waals surface area contributed by atoms with Crippen molar-refractivity contribution >= 4 is 34.7 Å². The van der Waals surface area contributed by atoms with Crippen LogP contribution in [-0.2, 0) is 11.3 Å². The zero-order valence-electron chi connectivity index (χ0n) is 14.9. The molecule has 0 unspecified atom stereocenters. The van der Waals surface area contributed by atoms with E-state index in [0.29, 0.717) is 29.5 Å². The fourth-order valence-electron chi connectivity index (χ4n) is 2.60. The first-order chi connectivity index (χ1) is 12.5. The molecule has 0 spiro atoms. The number of ether oxygens (including phenoxy) is 1. The van der Waals surface area contributed by atoms with E-state index in [1.807, 2.05) is 36.2 Å². The molecule has 0 bridgehead atoms. The van der Waals surface area contributed by atoms with Gasteiger partial charge in [-0.25, -0.2) is 4.98 Å². The van der Waals surface area contributed by atoms with Gasteiger partial charge < -0.3 is 15.0 Å². The molecule has 0 aliphatic heterocycles. The lowest BCUT2D eigenvalue weighted by molar-refractivity contribution is -0.115. The number of benzene rings is 1. The Bertz CT molecular complexity index is 923. The molecule has 3 aromatic rings. The smallest absolute Gasteiger partial charge is 0.224 e. The van der Waals surface area contributed by atoms with Crippen molar-refractivity contribution < 1.29 is 9.53 Å². The second-order valence-corrected chi connectivity index (χ2v) is 6.22. The van der Waals surface area contributed by atoms with Crippen LogP contribution in [0.2, 0.25) is 5.15 Å². The van der Waals surface area contributed by atoms with Crippen LogP contribution in [0.5, 0.6) is 5.75 Å². The molecule has 0 fully saturated rings. The number of aromatic nitrogens is 3. The van der Waals surface area contributed by atoms with Crippen LogP contribution < -0.4 is 15.0 Å². The number of anilines is 2. The average molecular weight is 374 g/mol. The molecule has 26 heavy (non-hydrogen) atoms. The van der Waals surface area contributed by atoms with Crippen LogP contribution >= 0.6 is 11.6 Å². The van der Waals surface area contributed by atoms with Crippen LogP contribution in [0.3, 0.4) is 0 Å². The first kappa shape index (κ1) is 18.0. The minimum atomic E-state index is -0.102. The number of hydrogen-bond donors (Lipinski definition) is 1. The summed E-state index contributed by atoms with van der Waals surface area (Å²) in [6.07, 6.45) is 1.96. The van der Waals surface area contributed by atoms with Crippen LogP contribution in [0, 0.1) is 0 Å². The van der Waals surface area contributed by atoms with E-state index in [-0.39, 0.29) is 5.91 Å². The van der Waals surface area contributed by atoms with Gasteiger partial charge in [-0.3, -0.25) is 4.79 Å². The zero-order chi connectivity index (χ0) is 18.7. The molecule has 0 atom stereocenters. The summed E-state index contributed by atoms with van der Waals surface area (Å²) in [5.74, 6) is 1.48. The fraction of sp³-hybridized carbons (Fsp3) is 0.278. The van der Waals surface area contributed by atoms with E-state index < -0.39 is 0 Å². The summed E-state index contributed by atoms with van der Waals surface area (Å²) in [6.45, 7) is 2.44. The molecule has 3 rings (SSSR count). The second-order valence-electron chi connectivity index (χ2n) is 5.84. The van der Waals surface area contributed by atoms with Crippen molar-refractivity contribution in [3.63, 3.8) is 0 Å². The lowest BCUT2D eigenvalue weighted by Crippen LogP contribution is -2.20. The molecule has 1 N–H and O–H groups in total. The van der Waals surface area contributed by atoms with Crippen molar-refractivity contribution in [3.05, 3.63) is 47.2 Å². The number of fused-ring (bicyclic) bond motifs is 1. The van der Waals surface area contributed by atoms with Gasteiger partial charge in [0.2, 0.25) is 5.91 Å². The van der Waals surface area contributed by atoms with Crippen molar-refractivity contribution in [2.45, 2.75) is 19.9 Å². The van der Waals surface area contributed by atoms with E-state index in [2.05, 4.69) is 15.4 Å². The fourth-order valence-corrected chi connectivity index (χ4v) is 2.78. The van der Waals surface area contributed by atoms with Gasteiger partial charge in [0.25, 0.3) is 0 Å². The molecular formula is C18H20ClN5O2. The topological polar surface area (TPSA) is 71.8 Å². The Morgan fingerprint density at radius 3 is 2.73 bits per heavy atom. The minimum Gasteiger partial charge on any atom is -0.497 e. The predicted octanol–water partition coefficient (Wildman–Crippen LogP) is 3.38. The van der Waals surface area contributed by atoms with Crippen LogP contribution in [-0.4, -0.2) is 34.7 Å². The predicted molar refractivity (Wildman–Crippen MR) is 102 cm³/mol. The molecule has 0 radical (unpaired) electrons. The van der Waals surface area contributed by atoms with Crippen molar-refractivity contribution in [2.24, 2.45) is 0 Å². The number of nitrogens with zero attached hydrogens (tertiary/aromatic N) is 4. The monoisotopic (exact) mass is 373 g/mol. The molecule has 136 valence electrons. The lowest BCUT2D eigenvalue weighted by Gasteiger charge is -2.20. The van der Waals surface area contributed by atoms with E-state index in [1.54, 1.807) is 30.8 Å². The van der Waals surface area contributed by atoms with E-state index in [0.717, 1.165) is 17.1 Å². The largest absolute Gasteiger partial charge is 0.497 e. The third-order valence-electron chi connectivity index (χ3n) is 3.99. The molecular weight excluding hydrogens is 354 g/mol. The third kappa shape index (κ3) is 3.72. The van der Waals surface area contributed by atoms with Gasteiger partial charge >= 0.3 is 0 Å². The van der Waals surface area contributed by atoms with Gasteiger partial charge in [0.05, 0.1) is 13.3 Å². The molecule has 8 heteroatoms. The number of hydrogen-bond acceptors (Lipinski definition) is 5. The van der Waals surface area contributed by atoms with Gasteiger partial charge in [-0.15, -0.1) is 0 Å². The van der Waals surface area contributed by atoms with Gasteiger partial charge in [0, 0.05) is 26.1 Å². The van der Waals surface area contributed by atoms with Crippen molar-refractivity contribution in [2.75, 3.05) is 24.4 Å². The van der Waals surface area contributed by atoms with Gasteiger partial charge in [-0.05, 0) is 17.7 Å². The van der Waals surface area contributed by atoms with Gasteiger partial charge in [0.15, 0.2) is 5.65 Å². The maximum absolute atomic E-state index is 11.7. The summed E-state index contributed by atoms with van der Waals surface area (Å²) in [4.78, 5) is 18.0. The van der Waals surface area contributed by atoms with Gasteiger partial charge in [0.1, 0.15) is 22.4 Å². The van der Waals surface area contributed by atoms with E-state index in [9.17, 15) is 4.79 Å². The number of methoxy groups -OCH3 is 1. The number of carbonyl (C=O) groups is 1. The average Bonchev–Trinajstić information content (AvgIpc) is 3.04. The molecule has 2 aromatic heterocycles. The summed E-state index contributed by atoms with van der Waals surface area (Å²) in [7, 11) is 3.59. The zero-order valence-corrected chi connectivity index (χ0v) is 15.6. The SMILES string of the molecule is CCC(=O)Nc1cnn2c(N(C)Cc3ccc(OC)cc3)cc(Cl)nc12. The minimum absolute atomic E-state index is 0.102. The molecule has 7 nitrogen and oxygen atoms in total. The molecule has 0 aliphatic rings. The maximum Gasteiger partial charge on any atom is 0.224 e. The Morgan fingerprint density at radius 2 is 2.08 bits per heavy atom. The van der Waals surface area contributed by atoms with Crippen LogP contribution in [0.1, 0.15) is 18.9 Å². The quantitative estimate of drug-likeness (QED) is 0.671. The first-order valence-corrected chi connectivity index (χ1v) is 8.57. The molecule has 1 aromatic carbocycles. The van der Waals surface area contributed by atoms with E-state index >= 15 is 0 Å². The molecule has 0 saturated carbocycles. The molecule has 2 heterocycles. The summed E-state index contributed by atoms with van der Waals surface area (Å²) in [6, 6.07) is 9.60. The van der Waals surface area contributed by atoms with E-state index in [1.165, 1.54) is 0 Å². The highest BCUT2D eigenvalue weighted by atomic mass is 35.5. The Kier molecular flexibility index (Phi) is 5.27. The van der Waals surface area contributed by atoms with Crippen molar-refractivity contribution in [1.29, 1.82) is 0 Å². The highest BCUT2D eigenvalue weighted by molar-refractivity contribution is 6.29. The van der Waals surface area contributed by atoms with Crippen LogP contribution in [0.15, 0.2) is 36.5 Å². The van der Waals surface area contributed by atoms with E-state index in [4.69, 9.17) is 16.3 Å². The second kappa shape index (κ2) is 7.61. The van der Waals surface area contributed by atoms with Gasteiger partial charge in [-0.2, -0.15) is 9.61 Å². The summed E-state index contributed by atoms with van der Waals surface area (Å²) >= 11 is 6.20. The Balaban J connectivity index is 1.91. The number of amides is 1. The number of rotatable bonds is 6. The number of nitrogens with one attached hydrogen (secondary N) is 1. The first-order valence-electron chi connectivity index (χ1n) is 8.20. The summed E-state index contributed by atoms with van der Waals surface area (Å²) < 4.78 is 6.86. The van der Waals surface area contributed by atoms with Crippen molar-refractivity contribution in [3.8, 4) is 5.75 Å². The highest BCUT2D eigenvalue weighted by Gasteiger charge is 2.15. The van der Waals surface area contributed by atoms with Crippen LogP contribution in [0.4, 0.5) is 11.5 Å². The van der Waals surface area contributed by atoms with Crippen LogP contribution in [0.25, 0.3) is 5.65 Å². The Labute approximate surface area is 156 Å². The highest BCUT2D eigenvalue weighted by Crippen LogP contribution is 2.25. The molecule has 0 aliphatic carbocycles. The van der Waals surface area contributed by atoms with Gasteiger partial charge in [-0.1, -0.05) is 30.7 Å². The molecule has 0 saturated heterocycles. The summed E-state index contributed by atoms with van der Waals surface area (Å²) in [5.41, 5.74) is 2.16. The Morgan fingerprint density at radius 1 is 1.35 bits per heavy atom. The van der Waals surface area contributed by atoms with Crippen molar-refractivity contribution in [1.82, 2.24) is 14.6 Å². The Hall–Kier alpha value is -2.80. The lowest BCUT2D eigenvalue weighted by atomic mass is 10.2. The maximum atomic E-state index is 11.7. The number of carbonyl (C=O) groups excluding carboxylic acids is 1. The summed E-state index contributed by atoms with van der Waals surface area (Å²) in [5, 5.41) is 7.49. The molecule has 1 amide bonds.